The van der Waals surface area contributed by atoms with Gasteiger partial charge in [0.05, 0.1) is 17.5 Å². The minimum absolute atomic E-state index is 0. The molecule has 2 aromatic heterocycles. The number of halogens is 4. The zero-order valence-electron chi connectivity index (χ0n) is 69.8. The molecule has 3 radical (unpaired) electrons. The first-order valence-corrected chi connectivity index (χ1v) is 47.1. The van der Waals surface area contributed by atoms with E-state index in [-0.39, 0.29) is 126 Å². The molecule has 0 fully saturated rings. The number of amides is 2. The van der Waals surface area contributed by atoms with E-state index in [4.69, 9.17) is 28.4 Å². The van der Waals surface area contributed by atoms with E-state index in [9.17, 15) is 29.1 Å². The van der Waals surface area contributed by atoms with Gasteiger partial charge in [-0.15, -0.1) is 19.7 Å². The number of aliphatic hydroxyl groups excluding tert-OH is 1. The minimum atomic E-state index is -0.626. The van der Waals surface area contributed by atoms with Crippen LogP contribution < -0.4 is 79.3 Å². The molecule has 631 valence electrons. The number of hydrogen-bond acceptors (Lipinski definition) is 14. The van der Waals surface area contributed by atoms with Gasteiger partial charge in [0, 0.05) is 57.2 Å². The van der Waals surface area contributed by atoms with E-state index in [2.05, 4.69) is 149 Å². The van der Waals surface area contributed by atoms with Crippen molar-refractivity contribution in [1.29, 1.82) is 0 Å². The van der Waals surface area contributed by atoms with E-state index < -0.39 is 6.10 Å². The van der Waals surface area contributed by atoms with Crippen molar-refractivity contribution in [2.75, 3.05) is 63.3 Å². The molecular weight excluding hydrogens is 1850 g/mol. The molecule has 0 bridgehead atoms. The van der Waals surface area contributed by atoms with Crippen molar-refractivity contribution in [3.05, 3.63) is 467 Å². The van der Waals surface area contributed by atoms with Crippen molar-refractivity contribution in [2.24, 2.45) is 0 Å². The van der Waals surface area contributed by atoms with E-state index >= 15 is 0 Å². The number of carbonyl (C=O) groups is 3. The summed E-state index contributed by atoms with van der Waals surface area (Å²) in [5.74, 6) is 2.55. The molecule has 0 spiro atoms. The van der Waals surface area contributed by atoms with Crippen LogP contribution in [0.5, 0.6) is 34.5 Å². The maximum absolute atomic E-state index is 13.8. The smallest absolute Gasteiger partial charge is 1.00 e. The number of pyridine rings is 2. The predicted molar refractivity (Wildman–Crippen MR) is 512 cm³/mol. The molecule has 3 unspecified atom stereocenters. The van der Waals surface area contributed by atoms with Gasteiger partial charge in [0.15, 0.2) is 28.7 Å². The summed E-state index contributed by atoms with van der Waals surface area (Å²) in [7, 11) is 0. The van der Waals surface area contributed by atoms with E-state index in [0.29, 0.717) is 63.1 Å². The van der Waals surface area contributed by atoms with Crippen molar-refractivity contribution in [1.82, 2.24) is 19.2 Å². The van der Waals surface area contributed by atoms with Gasteiger partial charge in [0.25, 0.3) is 11.8 Å². The molecule has 10 aromatic carbocycles. The Morgan fingerprint density at radius 3 is 1.36 bits per heavy atom. The SMILES string of the molecule is BrP(Br)Br.C=CCCOc1cccc(C(c2ccccc2)N2CN(CC=C)C(=O)c3c(OCc4ccccc4)c(=O)ccn32)c1.C=CCN1CNn2ccc(=O)c(OCc3ccccc3)c2C1=O.C=CCOc1cccc(C(=O)c2ccccc2)c1.C=CCOc1cccc(C(Br)c2ccccc2)c1.C=CCOc1cccc(C(O)c2ccccc2)c1.[B].[H-].[Na+]. The average molecular weight is 1950 g/mol. The minimum Gasteiger partial charge on any atom is -1.00 e. The van der Waals surface area contributed by atoms with Gasteiger partial charge in [-0.2, -0.15) is 0 Å². The summed E-state index contributed by atoms with van der Waals surface area (Å²) < 4.78 is 37.2. The summed E-state index contributed by atoms with van der Waals surface area (Å²) in [6.07, 6.45) is 13.6. The van der Waals surface area contributed by atoms with Crippen LogP contribution in [0.15, 0.2) is 389 Å². The molecule has 2 aliphatic heterocycles. The Labute approximate surface area is 784 Å². The maximum atomic E-state index is 13.8. The number of hydrogen-bond donors (Lipinski definition) is 2. The number of carbonyl (C=O) groups excluding carboxylic acids is 3. The van der Waals surface area contributed by atoms with Crippen LogP contribution in [-0.4, -0.2) is 103 Å². The Balaban J connectivity index is 0.000000249. The standard InChI is InChI=1S/C34H33N3O4.C17H17N3O3.C16H15BrO.C16H16O2.C16H14O2.B.Br3P.Na.H/c1-3-5-22-40-29-18-12-17-28(23-29)31(27-15-10-7-11-16-27)37-25-35(20-4-2)34(39)32-33(30(38)19-21-36(32)37)41-24-26-13-8-6-9-14-26;1-2-9-19-12-18-20-10-8-14(21)16(15(20)17(19)22)23-11-13-6-4-3-5-7-13;3*1-2-11-18-15-10-6-9-14(12-15)16(17)13-7-4-3-5-8-13;;1-4(2)3;;/h3-4,6-19,21,23,31H,1-2,5,20,22,24-25H2;2-8,10,18H,1,9,11-12H2;2-10,12,16H,1,11H2;2-10,12,16-17H,1,11H2;2-10,12H,1,11H2;;;;/q;;;;;;;+1;-1. The topological polar surface area (TPSA) is 193 Å². The molecule has 14 rings (SSSR count). The van der Waals surface area contributed by atoms with Crippen molar-refractivity contribution in [3.8, 4) is 34.5 Å². The van der Waals surface area contributed by atoms with Gasteiger partial charge < -0.3 is 50.2 Å². The number of nitrogens with one attached hydrogen (secondary N) is 1. The Kier molecular flexibility index (Phi) is 44.0. The number of aromatic nitrogens is 2. The molecule has 4 heterocycles. The number of nitrogens with zero attached hydrogens (tertiary/aromatic N) is 5. The summed E-state index contributed by atoms with van der Waals surface area (Å²) in [5.41, 5.74) is 12.0. The first-order valence-electron chi connectivity index (χ1n) is 38.8. The van der Waals surface area contributed by atoms with Crippen LogP contribution in [0, 0.1) is 0 Å². The van der Waals surface area contributed by atoms with E-state index in [0.717, 1.165) is 57.1 Å². The van der Waals surface area contributed by atoms with Crippen LogP contribution in [0.1, 0.15) is 106 Å². The third kappa shape index (κ3) is 30.7. The fraction of sp³-hybridized carbons (Fsp3) is 0.141. The summed E-state index contributed by atoms with van der Waals surface area (Å²) >= 11 is 13.2. The molecule has 12 aromatic rings. The number of rotatable bonds is 32. The second-order valence-corrected chi connectivity index (χ2v) is 43.0. The molecule has 2 amide bonds. The second kappa shape index (κ2) is 54.5. The maximum Gasteiger partial charge on any atom is 1.00 e. The fourth-order valence-electron chi connectivity index (χ4n) is 12.5. The molecule has 0 aliphatic carbocycles. The molecule has 2 N–H and O–H groups in total. The number of alkyl halides is 1. The summed E-state index contributed by atoms with van der Waals surface area (Å²) in [5, 5.41) is 12.3. The first-order chi connectivity index (χ1) is 59.5. The molecule has 0 saturated heterocycles. The molecule has 18 nitrogen and oxygen atoms in total. The van der Waals surface area contributed by atoms with E-state index in [1.54, 1.807) is 75.3 Å². The van der Waals surface area contributed by atoms with Gasteiger partial charge in [-0.05, 0) is 146 Å². The van der Waals surface area contributed by atoms with Crippen LogP contribution in [0.3, 0.4) is 0 Å². The number of fused-ring (bicyclic) bond motifs is 2. The molecule has 25 heteroatoms. The predicted octanol–water partition coefficient (Wildman–Crippen LogP) is 19.0. The molecular formula is C99H96BBr4N6NaO12P. The Bertz CT molecular complexity index is 5410. The van der Waals surface area contributed by atoms with Crippen LogP contribution in [0.2, 0.25) is 0 Å². The zero-order chi connectivity index (χ0) is 86.8. The largest absolute Gasteiger partial charge is 1.00 e. The van der Waals surface area contributed by atoms with Crippen LogP contribution in [0.4, 0.5) is 0 Å². The van der Waals surface area contributed by atoms with Gasteiger partial charge in [-0.1, -0.05) is 303 Å². The molecule has 0 saturated carbocycles. The Hall–Kier alpha value is -11.1. The molecule has 3 atom stereocenters. The van der Waals surface area contributed by atoms with Crippen LogP contribution in [-0.2, 0) is 13.2 Å². The summed E-state index contributed by atoms with van der Waals surface area (Å²) in [4.78, 5) is 67.3. The third-order valence-corrected chi connectivity index (χ3v) is 19.2. The van der Waals surface area contributed by atoms with Gasteiger partial charge in [0.1, 0.15) is 79.5 Å². The van der Waals surface area contributed by atoms with Crippen molar-refractivity contribution in [3.63, 3.8) is 0 Å². The van der Waals surface area contributed by atoms with E-state index in [1.165, 1.54) is 34.1 Å². The summed E-state index contributed by atoms with van der Waals surface area (Å²) in [6.45, 7) is 25.8. The van der Waals surface area contributed by atoms with Gasteiger partial charge in [-0.25, -0.2) is 0 Å². The van der Waals surface area contributed by atoms with Gasteiger partial charge in [-0.3, -0.25) is 38.3 Å². The van der Waals surface area contributed by atoms with Crippen molar-refractivity contribution >= 4 is 92.4 Å². The average Bonchev–Trinajstić information content (AvgIpc) is 0.745. The second-order valence-electron chi connectivity index (χ2n) is 26.8. The number of ketones is 1. The van der Waals surface area contributed by atoms with Crippen LogP contribution >= 0.6 is 66.4 Å². The number of ether oxygens (including phenoxy) is 6. The van der Waals surface area contributed by atoms with Crippen molar-refractivity contribution < 1.29 is 78.9 Å². The summed E-state index contributed by atoms with van der Waals surface area (Å²) in [6, 6.07) is 91.4. The van der Waals surface area contributed by atoms with Gasteiger partial charge in [0.2, 0.25) is 10.9 Å². The third-order valence-electron chi connectivity index (χ3n) is 18.2. The fourth-order valence-corrected chi connectivity index (χ4v) is 13.1. The van der Waals surface area contributed by atoms with Crippen LogP contribution in [0.25, 0.3) is 0 Å². The van der Waals surface area contributed by atoms with Gasteiger partial charge >= 0.3 is 29.6 Å². The quantitative estimate of drug-likeness (QED) is 0.0101. The molecule has 2 aliphatic rings. The zero-order valence-corrected chi connectivity index (χ0v) is 78.0. The first kappa shape index (κ1) is 100. The van der Waals surface area contributed by atoms with E-state index in [1.807, 2.05) is 224 Å². The monoisotopic (exact) mass is 1940 g/mol. The molecule has 124 heavy (non-hydrogen) atoms. The Morgan fingerprint density at radius 2 is 0.847 bits per heavy atom. The number of aliphatic hydroxyl groups is 1. The number of benzene rings is 10. The van der Waals surface area contributed by atoms with Crippen molar-refractivity contribution in [2.45, 2.75) is 36.6 Å². The normalized spacial score (nSPS) is 12.0. The Morgan fingerprint density at radius 1 is 0.444 bits per heavy atom.